The fourth-order valence-electron chi connectivity index (χ4n) is 1.83. The largest absolute Gasteiger partial charge is 0.475 e. The van der Waals surface area contributed by atoms with Crippen LogP contribution in [0.4, 0.5) is 5.69 Å². The fraction of sp³-hybridized carbons (Fsp3) is 0.429. The predicted molar refractivity (Wildman–Crippen MR) is 78.2 cm³/mol. The van der Waals surface area contributed by atoms with Crippen molar-refractivity contribution >= 4 is 17.0 Å². The first-order chi connectivity index (χ1) is 9.85. The number of hydrogen-bond acceptors (Lipinski definition) is 6. The molecule has 2 aromatic heterocycles. The molecule has 0 radical (unpaired) electrons. The van der Waals surface area contributed by atoms with E-state index in [0.717, 1.165) is 18.2 Å². The molecule has 1 aliphatic carbocycles. The van der Waals surface area contributed by atoms with Gasteiger partial charge < -0.3 is 15.2 Å². The van der Waals surface area contributed by atoms with E-state index in [0.29, 0.717) is 5.88 Å². The monoisotopic (exact) mass is 291 g/mol. The van der Waals surface area contributed by atoms with E-state index >= 15 is 0 Å². The van der Waals surface area contributed by atoms with Crippen molar-refractivity contribution in [1.82, 2.24) is 9.97 Å². The smallest absolute Gasteiger partial charge is 0.213 e. The molecule has 6 heteroatoms. The van der Waals surface area contributed by atoms with E-state index < -0.39 is 0 Å². The molecule has 20 heavy (non-hydrogen) atoms. The first-order valence-corrected chi connectivity index (χ1v) is 7.55. The number of pyridine rings is 1. The van der Waals surface area contributed by atoms with Crippen molar-refractivity contribution in [3.05, 3.63) is 34.4 Å². The molecule has 3 rings (SSSR count). The lowest BCUT2D eigenvalue weighted by molar-refractivity contribution is 0.196. The summed E-state index contributed by atoms with van der Waals surface area (Å²) in [7, 11) is 0. The summed E-state index contributed by atoms with van der Waals surface area (Å²) < 4.78 is 5.21. The maximum Gasteiger partial charge on any atom is 0.213 e. The normalized spacial score (nSPS) is 14.2. The quantitative estimate of drug-likeness (QED) is 0.820. The number of aliphatic hydroxyl groups excluding tert-OH is 1. The van der Waals surface area contributed by atoms with Gasteiger partial charge in [-0.05, 0) is 18.9 Å². The van der Waals surface area contributed by atoms with Gasteiger partial charge in [0.2, 0.25) is 5.88 Å². The molecule has 2 N–H and O–H groups in total. The molecule has 0 aliphatic heterocycles. The van der Waals surface area contributed by atoms with Crippen LogP contribution in [0.5, 0.6) is 5.88 Å². The maximum atomic E-state index is 8.67. The molecule has 1 saturated carbocycles. The van der Waals surface area contributed by atoms with Gasteiger partial charge in [-0.2, -0.15) is 0 Å². The Bertz CT molecular complexity index is 552. The third kappa shape index (κ3) is 3.46. The molecule has 2 aromatic rings. The SMILES string of the molecule is OCCOc1ccc(NCc2cnc(C3CC3)s2)cn1. The molecule has 0 spiro atoms. The van der Waals surface area contributed by atoms with Crippen LogP contribution in [0.1, 0.15) is 28.6 Å². The Morgan fingerprint density at radius 1 is 1.30 bits per heavy atom. The first kappa shape index (κ1) is 13.3. The van der Waals surface area contributed by atoms with Gasteiger partial charge in [-0.25, -0.2) is 9.97 Å². The summed E-state index contributed by atoms with van der Waals surface area (Å²) >= 11 is 1.79. The van der Waals surface area contributed by atoms with Crippen LogP contribution in [0, 0.1) is 0 Å². The minimum absolute atomic E-state index is 0.00358. The molecule has 5 nitrogen and oxygen atoms in total. The van der Waals surface area contributed by atoms with Crippen LogP contribution >= 0.6 is 11.3 Å². The minimum Gasteiger partial charge on any atom is -0.475 e. The molecule has 0 amide bonds. The highest BCUT2D eigenvalue weighted by Gasteiger charge is 2.26. The predicted octanol–water partition coefficient (Wildman–Crippen LogP) is 2.40. The van der Waals surface area contributed by atoms with Crippen LogP contribution in [-0.2, 0) is 6.54 Å². The summed E-state index contributed by atoms with van der Waals surface area (Å²) in [5, 5.41) is 13.3. The molecule has 0 atom stereocenters. The van der Waals surface area contributed by atoms with E-state index in [-0.39, 0.29) is 13.2 Å². The lowest BCUT2D eigenvalue weighted by atomic mass is 10.4. The molecular formula is C14H17N3O2S. The van der Waals surface area contributed by atoms with Crippen molar-refractivity contribution in [2.45, 2.75) is 25.3 Å². The van der Waals surface area contributed by atoms with Gasteiger partial charge in [-0.1, -0.05) is 0 Å². The lowest BCUT2D eigenvalue weighted by Gasteiger charge is -2.06. The van der Waals surface area contributed by atoms with E-state index in [4.69, 9.17) is 9.84 Å². The number of aliphatic hydroxyl groups is 1. The molecule has 2 heterocycles. The van der Waals surface area contributed by atoms with Gasteiger partial charge in [0.1, 0.15) is 6.61 Å². The summed E-state index contributed by atoms with van der Waals surface area (Å²) in [4.78, 5) is 9.86. The van der Waals surface area contributed by atoms with Crippen LogP contribution < -0.4 is 10.1 Å². The van der Waals surface area contributed by atoms with E-state index in [1.165, 1.54) is 22.7 Å². The van der Waals surface area contributed by atoms with Gasteiger partial charge in [-0.15, -0.1) is 11.3 Å². The average Bonchev–Trinajstić information content (AvgIpc) is 3.23. The summed E-state index contributed by atoms with van der Waals surface area (Å²) in [5.74, 6) is 1.25. The molecule has 106 valence electrons. The number of rotatable bonds is 7. The zero-order valence-electron chi connectivity index (χ0n) is 11.1. The Hall–Kier alpha value is -1.66. The number of aromatic nitrogens is 2. The van der Waals surface area contributed by atoms with Gasteiger partial charge in [0.25, 0.3) is 0 Å². The second-order valence-electron chi connectivity index (χ2n) is 4.75. The van der Waals surface area contributed by atoms with E-state index in [9.17, 15) is 0 Å². The number of hydrogen-bond donors (Lipinski definition) is 2. The summed E-state index contributed by atoms with van der Waals surface area (Å²) in [6, 6.07) is 3.71. The molecule has 0 unspecified atom stereocenters. The number of anilines is 1. The van der Waals surface area contributed by atoms with Crippen LogP contribution in [0.15, 0.2) is 24.5 Å². The standard InChI is InChI=1S/C14H17N3O2S/c18-5-6-19-13-4-3-11(7-16-13)15-8-12-9-17-14(20-12)10-1-2-10/h3-4,7,9-10,15,18H,1-2,5-6,8H2. The summed E-state index contributed by atoms with van der Waals surface area (Å²) in [5.41, 5.74) is 0.947. The van der Waals surface area contributed by atoms with Gasteiger partial charge in [0.05, 0.1) is 30.0 Å². The van der Waals surface area contributed by atoms with Crippen molar-refractivity contribution in [2.24, 2.45) is 0 Å². The minimum atomic E-state index is -0.00358. The number of nitrogens with zero attached hydrogens (tertiary/aromatic N) is 2. The molecule has 0 bridgehead atoms. The van der Waals surface area contributed by atoms with Crippen molar-refractivity contribution in [2.75, 3.05) is 18.5 Å². The Morgan fingerprint density at radius 3 is 2.90 bits per heavy atom. The Kier molecular flexibility index (Phi) is 4.13. The number of nitrogens with one attached hydrogen (secondary N) is 1. The zero-order chi connectivity index (χ0) is 13.8. The number of thiazole rings is 1. The number of ether oxygens (including phenoxy) is 1. The maximum absolute atomic E-state index is 8.67. The summed E-state index contributed by atoms with van der Waals surface area (Å²) in [6.45, 7) is 1.03. The highest BCUT2D eigenvalue weighted by molar-refractivity contribution is 7.11. The third-order valence-corrected chi connectivity index (χ3v) is 4.20. The van der Waals surface area contributed by atoms with Crippen LogP contribution in [0.2, 0.25) is 0 Å². The Labute approximate surface area is 121 Å². The molecular weight excluding hydrogens is 274 g/mol. The summed E-state index contributed by atoms with van der Waals surface area (Å²) in [6.07, 6.45) is 6.27. The molecule has 0 saturated heterocycles. The van der Waals surface area contributed by atoms with Crippen molar-refractivity contribution in [3.8, 4) is 5.88 Å². The lowest BCUT2D eigenvalue weighted by Crippen LogP contribution is -2.03. The van der Waals surface area contributed by atoms with Crippen LogP contribution in [-0.4, -0.2) is 28.3 Å². The molecule has 1 aliphatic rings. The van der Waals surface area contributed by atoms with Gasteiger partial charge in [-0.3, -0.25) is 0 Å². The Balaban J connectivity index is 1.51. The highest BCUT2D eigenvalue weighted by Crippen LogP contribution is 2.41. The van der Waals surface area contributed by atoms with E-state index in [1.807, 2.05) is 12.3 Å². The first-order valence-electron chi connectivity index (χ1n) is 6.73. The third-order valence-electron chi connectivity index (χ3n) is 3.04. The van der Waals surface area contributed by atoms with Crippen LogP contribution in [0.25, 0.3) is 0 Å². The van der Waals surface area contributed by atoms with Crippen molar-refractivity contribution in [3.63, 3.8) is 0 Å². The molecule has 1 fully saturated rings. The molecule has 0 aromatic carbocycles. The van der Waals surface area contributed by atoms with Gasteiger partial charge >= 0.3 is 0 Å². The van der Waals surface area contributed by atoms with Crippen LogP contribution in [0.3, 0.4) is 0 Å². The van der Waals surface area contributed by atoms with Gasteiger partial charge in [0, 0.05) is 23.1 Å². The topological polar surface area (TPSA) is 67.3 Å². The van der Waals surface area contributed by atoms with Crippen molar-refractivity contribution in [1.29, 1.82) is 0 Å². The van der Waals surface area contributed by atoms with Gasteiger partial charge in [0.15, 0.2) is 0 Å². The second-order valence-corrected chi connectivity index (χ2v) is 5.90. The highest BCUT2D eigenvalue weighted by atomic mass is 32.1. The Morgan fingerprint density at radius 2 is 2.20 bits per heavy atom. The van der Waals surface area contributed by atoms with E-state index in [2.05, 4.69) is 15.3 Å². The zero-order valence-corrected chi connectivity index (χ0v) is 11.9. The fourth-order valence-corrected chi connectivity index (χ4v) is 2.86. The van der Waals surface area contributed by atoms with Crippen molar-refractivity contribution < 1.29 is 9.84 Å². The van der Waals surface area contributed by atoms with E-state index in [1.54, 1.807) is 23.6 Å². The second kappa shape index (κ2) is 6.19. The average molecular weight is 291 g/mol.